The van der Waals surface area contributed by atoms with Crippen LogP contribution in [0.1, 0.15) is 27.2 Å². The van der Waals surface area contributed by atoms with Crippen LogP contribution in [0.4, 0.5) is 25.1 Å². The summed E-state index contributed by atoms with van der Waals surface area (Å²) >= 11 is 0. The van der Waals surface area contributed by atoms with Crippen molar-refractivity contribution in [2.24, 2.45) is 13.0 Å². The Morgan fingerprint density at radius 2 is 1.97 bits per heavy atom. The number of carbonyl (C=O) groups is 2. The quantitative estimate of drug-likeness (QED) is 0.594. The third-order valence-electron chi connectivity index (χ3n) is 5.11. The highest BCUT2D eigenvalue weighted by atomic mass is 19.1. The van der Waals surface area contributed by atoms with Crippen LogP contribution in [0.25, 0.3) is 22.0 Å². The monoisotopic (exact) mass is 442 g/mol. The molecule has 2 atom stereocenters. The highest BCUT2D eigenvalue weighted by Gasteiger charge is 2.43. The molecule has 0 aliphatic heterocycles. The van der Waals surface area contributed by atoms with Gasteiger partial charge >= 0.3 is 6.09 Å². The molecule has 1 aliphatic rings. The summed E-state index contributed by atoms with van der Waals surface area (Å²) in [7, 11) is 1.78. The molecule has 0 bridgehead atoms. The second-order valence-corrected chi connectivity index (χ2v) is 8.88. The number of anilines is 2. The maximum atomic E-state index is 15.6. The lowest BCUT2D eigenvalue weighted by Gasteiger charge is -2.21. The Labute approximate surface area is 183 Å². The van der Waals surface area contributed by atoms with Crippen LogP contribution in [-0.4, -0.2) is 33.3 Å². The van der Waals surface area contributed by atoms with Gasteiger partial charge < -0.3 is 14.6 Å². The molecule has 2 heterocycles. The zero-order valence-corrected chi connectivity index (χ0v) is 18.2. The first-order valence-corrected chi connectivity index (χ1v) is 10.2. The molecular weight excluding hydrogens is 418 g/mol. The molecule has 1 unspecified atom stereocenters. The molecule has 0 spiro atoms. The van der Waals surface area contributed by atoms with E-state index >= 15 is 4.39 Å². The molecule has 0 saturated heterocycles. The van der Waals surface area contributed by atoms with Crippen molar-refractivity contribution in [1.82, 2.24) is 9.55 Å². The van der Waals surface area contributed by atoms with Gasteiger partial charge in [-0.05, 0) is 56.8 Å². The lowest BCUT2D eigenvalue weighted by molar-refractivity contribution is -0.117. The number of pyridine rings is 1. The van der Waals surface area contributed by atoms with E-state index in [0.717, 1.165) is 0 Å². The molecule has 2 aromatic heterocycles. The second kappa shape index (κ2) is 7.89. The van der Waals surface area contributed by atoms with Gasteiger partial charge in [0.15, 0.2) is 5.82 Å². The number of ether oxygens (including phenoxy) is 1. The van der Waals surface area contributed by atoms with Crippen molar-refractivity contribution >= 4 is 34.3 Å². The van der Waals surface area contributed by atoms with E-state index < -0.39 is 35.5 Å². The second-order valence-electron chi connectivity index (χ2n) is 8.88. The summed E-state index contributed by atoms with van der Waals surface area (Å²) in [6.45, 7) is 5.12. The number of halogens is 2. The number of rotatable bonds is 4. The normalized spacial score (nSPS) is 17.8. The predicted octanol–water partition coefficient (Wildman–Crippen LogP) is 5.02. The van der Waals surface area contributed by atoms with Crippen molar-refractivity contribution in [3.05, 3.63) is 42.5 Å². The highest BCUT2D eigenvalue weighted by molar-refractivity contribution is 6.04. The maximum absolute atomic E-state index is 15.6. The molecular formula is C23H24F2N4O3. The molecule has 32 heavy (non-hydrogen) atoms. The SMILES string of the molecule is Cn1cccc1-c1cc2cc(NC(=O)C3C[C@@H]3F)ncc2c(NC(=O)OC(C)(C)C)c1F. The Kier molecular flexibility index (Phi) is 5.36. The minimum absolute atomic E-state index is 0.0793. The average Bonchev–Trinajstić information content (AvgIpc) is 3.28. The van der Waals surface area contributed by atoms with Crippen LogP contribution in [0.15, 0.2) is 36.7 Å². The first-order valence-electron chi connectivity index (χ1n) is 10.2. The summed E-state index contributed by atoms with van der Waals surface area (Å²) in [5.74, 6) is -1.53. The van der Waals surface area contributed by atoms with E-state index in [0.29, 0.717) is 16.5 Å². The first-order chi connectivity index (χ1) is 15.0. The van der Waals surface area contributed by atoms with Gasteiger partial charge in [0.1, 0.15) is 17.6 Å². The van der Waals surface area contributed by atoms with E-state index in [4.69, 9.17) is 4.74 Å². The van der Waals surface area contributed by atoms with Crippen LogP contribution in [0.3, 0.4) is 0 Å². The van der Waals surface area contributed by atoms with E-state index in [1.54, 1.807) is 62.8 Å². The molecule has 9 heteroatoms. The van der Waals surface area contributed by atoms with E-state index in [9.17, 15) is 14.0 Å². The smallest absolute Gasteiger partial charge is 0.412 e. The van der Waals surface area contributed by atoms with E-state index in [-0.39, 0.29) is 23.5 Å². The summed E-state index contributed by atoms with van der Waals surface area (Å²) in [6, 6.07) is 6.71. The molecule has 1 aromatic carbocycles. The van der Waals surface area contributed by atoms with Crippen LogP contribution >= 0.6 is 0 Å². The van der Waals surface area contributed by atoms with Crippen LogP contribution in [0.2, 0.25) is 0 Å². The lowest BCUT2D eigenvalue weighted by atomic mass is 10.0. The molecule has 0 radical (unpaired) electrons. The summed E-state index contributed by atoms with van der Waals surface area (Å²) in [5, 5.41) is 5.97. The van der Waals surface area contributed by atoms with Crippen molar-refractivity contribution in [2.45, 2.75) is 39.0 Å². The van der Waals surface area contributed by atoms with Gasteiger partial charge in [-0.15, -0.1) is 0 Å². The van der Waals surface area contributed by atoms with Gasteiger partial charge in [0.05, 0.1) is 17.3 Å². The molecule has 3 aromatic rings. The standard InChI is InChI=1S/C23H24F2N4O3/c1-23(2,3)32-22(31)28-20-15-11-26-18(27-21(30)13-10-16(13)24)9-12(15)8-14(19(20)25)17-6-5-7-29(17)4/h5-9,11,13,16H,10H2,1-4H3,(H,28,31)(H,26,27,30)/t13?,16-/m0/s1. The molecule has 2 amide bonds. The Bertz CT molecular complexity index is 1220. The number of fused-ring (bicyclic) bond motifs is 1. The number of aryl methyl sites for hydroxylation is 1. The van der Waals surface area contributed by atoms with Gasteiger partial charge in [-0.25, -0.2) is 18.6 Å². The lowest BCUT2D eigenvalue weighted by Crippen LogP contribution is -2.27. The number of hydrogen-bond acceptors (Lipinski definition) is 4. The Hall–Kier alpha value is -3.49. The number of amides is 2. The van der Waals surface area contributed by atoms with Crippen molar-refractivity contribution < 1.29 is 23.1 Å². The van der Waals surface area contributed by atoms with Crippen LogP contribution in [0.5, 0.6) is 0 Å². The summed E-state index contributed by atoms with van der Waals surface area (Å²) in [4.78, 5) is 28.6. The number of hydrogen-bond donors (Lipinski definition) is 2. The van der Waals surface area contributed by atoms with Crippen LogP contribution < -0.4 is 10.6 Å². The van der Waals surface area contributed by atoms with Crippen molar-refractivity contribution in [3.8, 4) is 11.3 Å². The molecule has 168 valence electrons. The molecule has 7 nitrogen and oxygen atoms in total. The zero-order valence-electron chi connectivity index (χ0n) is 18.2. The molecule has 4 rings (SSSR count). The van der Waals surface area contributed by atoms with Gasteiger partial charge in [0, 0.05) is 30.4 Å². The van der Waals surface area contributed by atoms with Crippen molar-refractivity contribution in [3.63, 3.8) is 0 Å². The van der Waals surface area contributed by atoms with Crippen molar-refractivity contribution in [2.75, 3.05) is 10.6 Å². The van der Waals surface area contributed by atoms with Crippen LogP contribution in [-0.2, 0) is 16.6 Å². The first kappa shape index (κ1) is 21.7. The van der Waals surface area contributed by atoms with Gasteiger partial charge in [0.25, 0.3) is 0 Å². The molecule has 1 saturated carbocycles. The number of aromatic nitrogens is 2. The average molecular weight is 442 g/mol. The number of nitrogens with one attached hydrogen (secondary N) is 2. The molecule has 2 N–H and O–H groups in total. The summed E-state index contributed by atoms with van der Waals surface area (Å²) < 4.78 is 35.8. The Balaban J connectivity index is 1.78. The molecule has 1 aliphatic carbocycles. The summed E-state index contributed by atoms with van der Waals surface area (Å²) in [6.07, 6.45) is 1.41. The fourth-order valence-electron chi connectivity index (χ4n) is 3.45. The number of benzene rings is 1. The van der Waals surface area contributed by atoms with E-state index in [2.05, 4.69) is 15.6 Å². The van der Waals surface area contributed by atoms with Gasteiger partial charge in [0.2, 0.25) is 5.91 Å². The fourth-order valence-corrected chi connectivity index (χ4v) is 3.45. The largest absolute Gasteiger partial charge is 0.444 e. The number of carbonyl (C=O) groups excluding carboxylic acids is 2. The van der Waals surface area contributed by atoms with Gasteiger partial charge in [-0.3, -0.25) is 10.1 Å². The summed E-state index contributed by atoms with van der Waals surface area (Å²) in [5.41, 5.74) is 0.00554. The fraction of sp³-hybridized carbons (Fsp3) is 0.348. The van der Waals surface area contributed by atoms with Crippen LogP contribution in [0, 0.1) is 11.7 Å². The predicted molar refractivity (Wildman–Crippen MR) is 118 cm³/mol. The van der Waals surface area contributed by atoms with E-state index in [1.165, 1.54) is 6.20 Å². The third-order valence-corrected chi connectivity index (χ3v) is 5.11. The van der Waals surface area contributed by atoms with Gasteiger partial charge in [-0.2, -0.15) is 0 Å². The molecule has 1 fully saturated rings. The minimum Gasteiger partial charge on any atom is -0.444 e. The topological polar surface area (TPSA) is 85.3 Å². The Morgan fingerprint density at radius 1 is 1.25 bits per heavy atom. The van der Waals surface area contributed by atoms with Gasteiger partial charge in [-0.1, -0.05) is 0 Å². The third kappa shape index (κ3) is 4.42. The van der Waals surface area contributed by atoms with E-state index in [1.807, 2.05) is 0 Å². The number of nitrogens with zero attached hydrogens (tertiary/aromatic N) is 2. The van der Waals surface area contributed by atoms with Crippen molar-refractivity contribution in [1.29, 1.82) is 0 Å². The highest BCUT2D eigenvalue weighted by Crippen LogP contribution is 2.37. The minimum atomic E-state index is -1.13. The number of alkyl halides is 1. The zero-order chi connectivity index (χ0) is 23.2. The maximum Gasteiger partial charge on any atom is 0.412 e. The Morgan fingerprint density at radius 3 is 2.56 bits per heavy atom.